The van der Waals surface area contributed by atoms with Gasteiger partial charge in [0.1, 0.15) is 0 Å². The first-order valence-corrected chi connectivity index (χ1v) is 11.2. The molecule has 3 N–H and O–H groups in total. The Kier molecular flexibility index (Phi) is 26.6. The molecular weight excluding hydrogens is 440 g/mol. The molecule has 3 aromatic rings. The van der Waals surface area contributed by atoms with Gasteiger partial charge in [-0.25, -0.2) is 4.79 Å². The van der Waals surface area contributed by atoms with E-state index in [0.717, 1.165) is 17.7 Å². The maximum atomic E-state index is 10.6. The highest BCUT2D eigenvalue weighted by Gasteiger charge is 1.96. The lowest BCUT2D eigenvalue weighted by atomic mass is 10.2. The van der Waals surface area contributed by atoms with Crippen molar-refractivity contribution in [2.45, 2.75) is 41.5 Å². The molecule has 0 aliphatic rings. The first kappa shape index (κ1) is 35.5. The van der Waals surface area contributed by atoms with Crippen LogP contribution in [0, 0.1) is 11.3 Å². The zero-order valence-corrected chi connectivity index (χ0v) is 21.6. The molecule has 3 rings (SSSR count). The number of carboxylic acids is 1. The van der Waals surface area contributed by atoms with Crippen molar-refractivity contribution < 1.29 is 19.5 Å². The van der Waals surface area contributed by atoms with Crippen LogP contribution in [0.5, 0.6) is 0 Å². The fraction of sp³-hybridized carbons (Fsp3) is 0.241. The van der Waals surface area contributed by atoms with Crippen LogP contribution in [0.25, 0.3) is 0 Å². The van der Waals surface area contributed by atoms with Crippen molar-refractivity contribution in [2.75, 3.05) is 6.54 Å². The predicted octanol–water partition coefficient (Wildman–Crippen LogP) is 6.68. The van der Waals surface area contributed by atoms with E-state index in [1.54, 1.807) is 50.2 Å². The van der Waals surface area contributed by atoms with Gasteiger partial charge in [0.2, 0.25) is 0 Å². The van der Waals surface area contributed by atoms with Crippen LogP contribution in [0.2, 0.25) is 0 Å². The van der Waals surface area contributed by atoms with Crippen molar-refractivity contribution in [1.29, 1.82) is 5.26 Å². The van der Waals surface area contributed by atoms with E-state index >= 15 is 0 Å². The average Bonchev–Trinajstić information content (AvgIpc) is 2.88. The van der Waals surface area contributed by atoms with Crippen LogP contribution in [0.1, 0.15) is 72.6 Å². The molecule has 0 amide bonds. The van der Waals surface area contributed by atoms with Crippen molar-refractivity contribution in [2.24, 2.45) is 5.73 Å². The van der Waals surface area contributed by atoms with E-state index < -0.39 is 5.97 Å². The molecule has 188 valence electrons. The number of carboxylic acid groups (broad SMARTS) is 1. The second kappa shape index (κ2) is 26.2. The maximum Gasteiger partial charge on any atom is 0.335 e. The van der Waals surface area contributed by atoms with Gasteiger partial charge in [-0.1, -0.05) is 99.6 Å². The van der Waals surface area contributed by atoms with Gasteiger partial charge in [0.15, 0.2) is 11.6 Å². The van der Waals surface area contributed by atoms with Crippen LogP contribution in [0.4, 0.5) is 0 Å². The van der Waals surface area contributed by atoms with Gasteiger partial charge in [-0.2, -0.15) is 5.26 Å². The number of hydrogen-bond acceptors (Lipinski definition) is 5. The van der Waals surface area contributed by atoms with E-state index in [1.807, 2.05) is 81.4 Å². The lowest BCUT2D eigenvalue weighted by Crippen LogP contribution is -1.93. The molecule has 6 heteroatoms. The minimum Gasteiger partial charge on any atom is -0.478 e. The third-order valence-electron chi connectivity index (χ3n) is 3.38. The smallest absolute Gasteiger partial charge is 0.335 e. The largest absolute Gasteiger partial charge is 0.478 e. The van der Waals surface area contributed by atoms with Crippen LogP contribution >= 0.6 is 0 Å². The molecule has 0 aliphatic heterocycles. The van der Waals surface area contributed by atoms with Gasteiger partial charge in [-0.3, -0.25) is 9.59 Å². The van der Waals surface area contributed by atoms with E-state index in [1.165, 1.54) is 6.92 Å². The summed E-state index contributed by atoms with van der Waals surface area (Å²) in [5.74, 6) is -0.637. The summed E-state index contributed by atoms with van der Waals surface area (Å²) in [6.07, 6.45) is 0. The highest BCUT2D eigenvalue weighted by molar-refractivity contribution is 5.94. The number of hydrogen-bond donors (Lipinski definition) is 2. The number of nitrogens with two attached hydrogens (primary N) is 1. The molecule has 0 aliphatic carbocycles. The number of carbonyl (C=O) groups excluding carboxylic acids is 2. The highest BCUT2D eigenvalue weighted by atomic mass is 16.4. The second-order valence-electron chi connectivity index (χ2n) is 6.15. The summed E-state index contributed by atoms with van der Waals surface area (Å²) < 4.78 is 0. The molecule has 0 aromatic heterocycles. The topological polar surface area (TPSA) is 121 Å². The Balaban J connectivity index is -0.000000382. The molecule has 0 unspecified atom stereocenters. The molecule has 0 spiro atoms. The minimum absolute atomic E-state index is 0.121. The summed E-state index contributed by atoms with van der Waals surface area (Å²) in [5.41, 5.74) is 6.73. The summed E-state index contributed by atoms with van der Waals surface area (Å²) in [6, 6.07) is 28.5. The standard InChI is InChI=1S/2C8H8O.C7H6O2.C2H7N.C2H3N.C2H6/c2*1-7(9)8-5-3-2-4-6-8;8-7(9)6-4-2-1-3-5-6;2*1-2-3;1-2/h2*2-6H,1H3;1-5H,(H,8,9);2-3H2,1H3;1H3;1-2H3. The van der Waals surface area contributed by atoms with Crippen molar-refractivity contribution >= 4 is 17.5 Å². The molecule has 6 nitrogen and oxygen atoms in total. The predicted molar refractivity (Wildman–Crippen MR) is 144 cm³/mol. The molecule has 0 atom stereocenters. The Bertz CT molecular complexity index is 835. The molecule has 0 saturated carbocycles. The summed E-state index contributed by atoms with van der Waals surface area (Å²) in [4.78, 5) is 31.5. The number of nitrogens with zero attached hydrogens (tertiary/aromatic N) is 1. The minimum atomic E-state index is -0.879. The highest BCUT2D eigenvalue weighted by Crippen LogP contribution is 1.98. The zero-order chi connectivity index (χ0) is 27.5. The van der Waals surface area contributed by atoms with Crippen LogP contribution in [0.15, 0.2) is 91.0 Å². The third-order valence-corrected chi connectivity index (χ3v) is 3.38. The third kappa shape index (κ3) is 22.9. The SMILES string of the molecule is CC.CC#N.CC(=O)c1ccccc1.CC(=O)c1ccccc1.CCN.O=C(O)c1ccccc1. The van der Waals surface area contributed by atoms with E-state index in [9.17, 15) is 14.4 Å². The molecule has 0 radical (unpaired) electrons. The fourth-order valence-corrected chi connectivity index (χ4v) is 1.93. The van der Waals surface area contributed by atoms with E-state index in [4.69, 9.17) is 16.1 Å². The maximum absolute atomic E-state index is 10.6. The Morgan fingerprint density at radius 2 is 0.914 bits per heavy atom. The quantitative estimate of drug-likeness (QED) is 0.405. The zero-order valence-electron chi connectivity index (χ0n) is 21.6. The normalized spacial score (nSPS) is 7.83. The summed E-state index contributed by atoms with van der Waals surface area (Å²) in [7, 11) is 0. The van der Waals surface area contributed by atoms with E-state index in [0.29, 0.717) is 5.56 Å². The molecule has 0 fully saturated rings. The van der Waals surface area contributed by atoms with Gasteiger partial charge in [0.25, 0.3) is 0 Å². The van der Waals surface area contributed by atoms with Crippen molar-refractivity contribution in [3.63, 3.8) is 0 Å². The Labute approximate surface area is 210 Å². The Hall–Kier alpha value is -4.08. The first-order chi connectivity index (χ1) is 16.7. The van der Waals surface area contributed by atoms with Crippen molar-refractivity contribution in [1.82, 2.24) is 0 Å². The lowest BCUT2D eigenvalue weighted by molar-refractivity contribution is 0.0696. The molecule has 3 aromatic carbocycles. The van der Waals surface area contributed by atoms with Crippen molar-refractivity contribution in [3.8, 4) is 6.07 Å². The summed E-state index contributed by atoms with van der Waals surface area (Å²) >= 11 is 0. The molecule has 0 bridgehead atoms. The lowest BCUT2D eigenvalue weighted by Gasteiger charge is -1.89. The van der Waals surface area contributed by atoms with Gasteiger partial charge >= 0.3 is 5.97 Å². The number of rotatable bonds is 3. The van der Waals surface area contributed by atoms with E-state index in [2.05, 4.69) is 0 Å². The summed E-state index contributed by atoms with van der Waals surface area (Å²) in [5, 5.41) is 15.7. The van der Waals surface area contributed by atoms with Gasteiger partial charge in [0.05, 0.1) is 11.6 Å². The second-order valence-corrected chi connectivity index (χ2v) is 6.15. The number of nitriles is 1. The number of Topliss-reactive ketones (excluding diaryl/α,β-unsaturated/α-hetero) is 2. The number of benzene rings is 3. The average molecular weight is 479 g/mol. The molecule has 0 saturated heterocycles. The first-order valence-electron chi connectivity index (χ1n) is 11.2. The van der Waals surface area contributed by atoms with E-state index in [-0.39, 0.29) is 11.6 Å². The summed E-state index contributed by atoms with van der Waals surface area (Å²) in [6.45, 7) is 11.2. The van der Waals surface area contributed by atoms with Gasteiger partial charge in [-0.05, 0) is 32.5 Å². The van der Waals surface area contributed by atoms with Gasteiger partial charge in [-0.15, -0.1) is 0 Å². The Morgan fingerprint density at radius 1 is 0.714 bits per heavy atom. The number of carbonyl (C=O) groups is 3. The molecule has 0 heterocycles. The monoisotopic (exact) mass is 478 g/mol. The molecule has 35 heavy (non-hydrogen) atoms. The van der Waals surface area contributed by atoms with Gasteiger partial charge < -0.3 is 10.8 Å². The number of ketones is 2. The molecular formula is C29H38N2O4. The Morgan fingerprint density at radius 3 is 1.03 bits per heavy atom. The number of aromatic carboxylic acids is 1. The van der Waals surface area contributed by atoms with Crippen LogP contribution in [0.3, 0.4) is 0 Å². The van der Waals surface area contributed by atoms with Crippen LogP contribution in [-0.4, -0.2) is 29.2 Å². The van der Waals surface area contributed by atoms with Gasteiger partial charge in [0, 0.05) is 18.1 Å². The fourth-order valence-electron chi connectivity index (χ4n) is 1.93. The van der Waals surface area contributed by atoms with Crippen LogP contribution < -0.4 is 5.73 Å². The van der Waals surface area contributed by atoms with Crippen molar-refractivity contribution in [3.05, 3.63) is 108 Å². The van der Waals surface area contributed by atoms with Crippen LogP contribution in [-0.2, 0) is 0 Å².